The molecule has 1 rings (SSSR count). The van der Waals surface area contributed by atoms with Gasteiger partial charge in [-0.1, -0.05) is 20.8 Å². The van der Waals surface area contributed by atoms with E-state index in [2.05, 4.69) is 26.1 Å². The number of halogens is 1. The van der Waals surface area contributed by atoms with Crippen LogP contribution in [0.5, 0.6) is 0 Å². The molecule has 0 radical (unpaired) electrons. The van der Waals surface area contributed by atoms with Crippen molar-refractivity contribution < 1.29 is 4.39 Å². The molecule has 1 aromatic carbocycles. The lowest BCUT2D eigenvalue weighted by molar-refractivity contribution is 0.439. The molecule has 0 saturated carbocycles. The Morgan fingerprint density at radius 2 is 2.06 bits per heavy atom. The summed E-state index contributed by atoms with van der Waals surface area (Å²) < 4.78 is 12.9. The summed E-state index contributed by atoms with van der Waals surface area (Å²) in [6.45, 7) is 7.25. The molecule has 1 atom stereocenters. The molecule has 0 aliphatic heterocycles. The zero-order valence-corrected chi connectivity index (χ0v) is 9.92. The molecule has 0 spiro atoms. The van der Waals surface area contributed by atoms with Crippen LogP contribution in [-0.2, 0) is 0 Å². The van der Waals surface area contributed by atoms with Gasteiger partial charge in [0.05, 0.1) is 11.3 Å². The van der Waals surface area contributed by atoms with Crippen LogP contribution in [0.1, 0.15) is 26.3 Å². The lowest BCUT2D eigenvalue weighted by atomic mass is 9.98. The van der Waals surface area contributed by atoms with Crippen molar-refractivity contribution in [3.8, 4) is 6.07 Å². The van der Waals surface area contributed by atoms with Gasteiger partial charge in [0.25, 0.3) is 0 Å². The highest BCUT2D eigenvalue weighted by atomic mass is 19.1. The van der Waals surface area contributed by atoms with E-state index >= 15 is 0 Å². The van der Waals surface area contributed by atoms with Crippen molar-refractivity contribution in [3.05, 3.63) is 29.6 Å². The average molecular weight is 220 g/mol. The average Bonchev–Trinajstić information content (AvgIpc) is 2.26. The Hall–Kier alpha value is -1.56. The predicted molar refractivity (Wildman–Crippen MR) is 63.6 cm³/mol. The molecular formula is C13H17FN2. The second-order valence-electron chi connectivity index (χ2n) is 4.40. The van der Waals surface area contributed by atoms with E-state index in [-0.39, 0.29) is 5.82 Å². The fourth-order valence-corrected chi connectivity index (χ4v) is 1.27. The molecule has 86 valence electrons. The Bertz CT molecular complexity index is 393. The van der Waals surface area contributed by atoms with Gasteiger partial charge in [-0.25, -0.2) is 4.39 Å². The Labute approximate surface area is 96.1 Å². The summed E-state index contributed by atoms with van der Waals surface area (Å²) >= 11 is 0. The summed E-state index contributed by atoms with van der Waals surface area (Å²) in [5.41, 5.74) is 1.06. The van der Waals surface area contributed by atoms with E-state index in [0.29, 0.717) is 23.1 Å². The number of rotatable bonds is 4. The highest BCUT2D eigenvalue weighted by Crippen LogP contribution is 2.17. The number of nitrogens with one attached hydrogen (secondary N) is 1. The fraction of sp³-hybridized carbons (Fsp3) is 0.462. The monoisotopic (exact) mass is 220 g/mol. The van der Waals surface area contributed by atoms with E-state index in [1.165, 1.54) is 12.1 Å². The summed E-state index contributed by atoms with van der Waals surface area (Å²) in [6.07, 6.45) is 0. The maximum absolute atomic E-state index is 12.9. The van der Waals surface area contributed by atoms with Crippen molar-refractivity contribution in [2.45, 2.75) is 20.8 Å². The van der Waals surface area contributed by atoms with E-state index in [1.54, 1.807) is 6.07 Å². The smallest absolute Gasteiger partial charge is 0.124 e. The first-order valence-corrected chi connectivity index (χ1v) is 5.48. The number of nitriles is 1. The maximum Gasteiger partial charge on any atom is 0.124 e. The molecule has 1 N–H and O–H groups in total. The van der Waals surface area contributed by atoms with Gasteiger partial charge < -0.3 is 5.32 Å². The number of nitrogens with zero attached hydrogens (tertiary/aromatic N) is 1. The van der Waals surface area contributed by atoms with Gasteiger partial charge >= 0.3 is 0 Å². The van der Waals surface area contributed by atoms with E-state index in [9.17, 15) is 4.39 Å². The van der Waals surface area contributed by atoms with Crippen LogP contribution in [0.15, 0.2) is 18.2 Å². The van der Waals surface area contributed by atoms with Crippen LogP contribution in [0, 0.1) is 29.0 Å². The van der Waals surface area contributed by atoms with Crippen LogP contribution in [0.25, 0.3) is 0 Å². The van der Waals surface area contributed by atoms with E-state index < -0.39 is 0 Å². The molecule has 0 aliphatic carbocycles. The zero-order chi connectivity index (χ0) is 12.1. The number of hydrogen-bond acceptors (Lipinski definition) is 2. The topological polar surface area (TPSA) is 35.8 Å². The SMILES string of the molecule is CC(C)C(C)CNc1ccc(F)cc1C#N. The van der Waals surface area contributed by atoms with Gasteiger partial charge in [-0.2, -0.15) is 5.26 Å². The van der Waals surface area contributed by atoms with Crippen molar-refractivity contribution in [2.24, 2.45) is 11.8 Å². The molecule has 1 aromatic rings. The summed E-state index contributed by atoms with van der Waals surface area (Å²) in [6, 6.07) is 6.22. The van der Waals surface area contributed by atoms with Gasteiger partial charge in [0, 0.05) is 6.54 Å². The summed E-state index contributed by atoms with van der Waals surface area (Å²) in [5.74, 6) is 0.717. The first-order valence-electron chi connectivity index (χ1n) is 5.48. The Morgan fingerprint density at radius 1 is 1.38 bits per heavy atom. The Balaban J connectivity index is 2.71. The van der Waals surface area contributed by atoms with Crippen LogP contribution in [-0.4, -0.2) is 6.54 Å². The predicted octanol–water partition coefficient (Wildman–Crippen LogP) is 3.40. The largest absolute Gasteiger partial charge is 0.384 e. The van der Waals surface area contributed by atoms with E-state index in [4.69, 9.17) is 5.26 Å². The molecule has 0 amide bonds. The van der Waals surface area contributed by atoms with Crippen LogP contribution >= 0.6 is 0 Å². The van der Waals surface area contributed by atoms with Crippen molar-refractivity contribution in [3.63, 3.8) is 0 Å². The Kier molecular flexibility index (Phi) is 4.30. The molecule has 0 bridgehead atoms. The minimum atomic E-state index is -0.376. The third-order valence-corrected chi connectivity index (χ3v) is 2.85. The van der Waals surface area contributed by atoms with Crippen LogP contribution in [0.2, 0.25) is 0 Å². The van der Waals surface area contributed by atoms with E-state index in [1.807, 2.05) is 6.07 Å². The quantitative estimate of drug-likeness (QED) is 0.844. The van der Waals surface area contributed by atoms with Gasteiger partial charge in [-0.15, -0.1) is 0 Å². The minimum Gasteiger partial charge on any atom is -0.384 e. The minimum absolute atomic E-state index is 0.357. The maximum atomic E-state index is 12.9. The molecule has 1 unspecified atom stereocenters. The van der Waals surface area contributed by atoms with E-state index in [0.717, 1.165) is 6.54 Å². The summed E-state index contributed by atoms with van der Waals surface area (Å²) in [4.78, 5) is 0. The molecule has 16 heavy (non-hydrogen) atoms. The standard InChI is InChI=1S/C13H17FN2/c1-9(2)10(3)8-16-13-5-4-12(14)6-11(13)7-15/h4-6,9-10,16H,8H2,1-3H3. The third-order valence-electron chi connectivity index (χ3n) is 2.85. The molecular weight excluding hydrogens is 203 g/mol. The van der Waals surface area contributed by atoms with Gasteiger partial charge in [0.2, 0.25) is 0 Å². The van der Waals surface area contributed by atoms with Crippen LogP contribution in [0.4, 0.5) is 10.1 Å². The molecule has 0 aromatic heterocycles. The van der Waals surface area contributed by atoms with Crippen LogP contribution < -0.4 is 5.32 Å². The fourth-order valence-electron chi connectivity index (χ4n) is 1.27. The first-order chi connectivity index (χ1) is 7.54. The number of hydrogen-bond donors (Lipinski definition) is 1. The second-order valence-corrected chi connectivity index (χ2v) is 4.40. The third kappa shape index (κ3) is 3.23. The lowest BCUT2D eigenvalue weighted by Gasteiger charge is -2.17. The number of benzene rings is 1. The molecule has 0 fully saturated rings. The zero-order valence-electron chi connectivity index (χ0n) is 9.92. The summed E-state index contributed by atoms with van der Waals surface area (Å²) in [7, 11) is 0. The van der Waals surface area contributed by atoms with Crippen molar-refractivity contribution in [2.75, 3.05) is 11.9 Å². The van der Waals surface area contributed by atoms with Crippen molar-refractivity contribution in [1.82, 2.24) is 0 Å². The highest BCUT2D eigenvalue weighted by Gasteiger charge is 2.08. The van der Waals surface area contributed by atoms with Gasteiger partial charge in [-0.3, -0.25) is 0 Å². The molecule has 3 heteroatoms. The van der Waals surface area contributed by atoms with Crippen molar-refractivity contribution in [1.29, 1.82) is 5.26 Å². The van der Waals surface area contributed by atoms with Crippen LogP contribution in [0.3, 0.4) is 0 Å². The normalized spacial score (nSPS) is 12.2. The van der Waals surface area contributed by atoms with Gasteiger partial charge in [-0.05, 0) is 30.0 Å². The summed E-state index contributed by atoms with van der Waals surface area (Å²) in [5, 5.41) is 12.0. The molecule has 0 saturated heterocycles. The van der Waals surface area contributed by atoms with Crippen molar-refractivity contribution >= 4 is 5.69 Å². The molecule has 2 nitrogen and oxygen atoms in total. The highest BCUT2D eigenvalue weighted by molar-refractivity contribution is 5.57. The lowest BCUT2D eigenvalue weighted by Crippen LogP contribution is -2.16. The Morgan fingerprint density at radius 3 is 2.62 bits per heavy atom. The van der Waals surface area contributed by atoms with Gasteiger partial charge in [0.1, 0.15) is 11.9 Å². The second kappa shape index (κ2) is 5.50. The first kappa shape index (κ1) is 12.5. The molecule has 0 aliphatic rings. The number of anilines is 1. The molecule has 0 heterocycles. The van der Waals surface area contributed by atoms with Gasteiger partial charge in [0.15, 0.2) is 0 Å².